The number of rotatable bonds is 8. The van der Waals surface area contributed by atoms with Gasteiger partial charge in [-0.05, 0) is 43.9 Å². The van der Waals surface area contributed by atoms with Crippen molar-refractivity contribution in [2.45, 2.75) is 70.5 Å². The molecule has 0 heterocycles. The van der Waals surface area contributed by atoms with Crippen LogP contribution in [0.1, 0.15) is 56.6 Å². The van der Waals surface area contributed by atoms with Crippen molar-refractivity contribution in [3.63, 3.8) is 0 Å². The molecule has 1 aliphatic carbocycles. The average molecular weight is 445 g/mol. The van der Waals surface area contributed by atoms with Gasteiger partial charge in [-0.15, -0.1) is 0 Å². The summed E-state index contributed by atoms with van der Waals surface area (Å²) < 4.78 is 14.3. The minimum absolute atomic E-state index is 0.0489. The molecule has 1 aliphatic rings. The number of nitrogens with one attached hydrogen (secondary N) is 1. The van der Waals surface area contributed by atoms with Crippen LogP contribution < -0.4 is 5.32 Å². The van der Waals surface area contributed by atoms with Crippen molar-refractivity contribution in [2.24, 2.45) is 0 Å². The van der Waals surface area contributed by atoms with Crippen LogP contribution in [0.4, 0.5) is 4.39 Å². The molecule has 0 aromatic heterocycles. The van der Waals surface area contributed by atoms with Crippen LogP contribution in [0.25, 0.3) is 0 Å². The molecule has 0 spiro atoms. The van der Waals surface area contributed by atoms with Crippen LogP contribution in [0, 0.1) is 5.82 Å². The second-order valence-electron chi connectivity index (χ2n) is 8.22. The number of hydrogen-bond acceptors (Lipinski definition) is 2. The molecule has 1 N–H and O–H groups in total. The van der Waals surface area contributed by atoms with Gasteiger partial charge in [0, 0.05) is 29.6 Å². The Balaban J connectivity index is 1.72. The van der Waals surface area contributed by atoms with Gasteiger partial charge >= 0.3 is 0 Å². The quantitative estimate of drug-likeness (QED) is 0.602. The van der Waals surface area contributed by atoms with E-state index in [0.29, 0.717) is 17.0 Å². The van der Waals surface area contributed by atoms with Gasteiger partial charge in [0.05, 0.1) is 0 Å². The first-order valence-electron chi connectivity index (χ1n) is 11.0. The van der Waals surface area contributed by atoms with Gasteiger partial charge in [-0.3, -0.25) is 9.59 Å². The maximum atomic E-state index is 14.3. The summed E-state index contributed by atoms with van der Waals surface area (Å²) in [6, 6.07) is 13.2. The monoisotopic (exact) mass is 444 g/mol. The van der Waals surface area contributed by atoms with Crippen LogP contribution in [-0.2, 0) is 22.6 Å². The first-order valence-corrected chi connectivity index (χ1v) is 11.4. The summed E-state index contributed by atoms with van der Waals surface area (Å²) in [6.45, 7) is 1.76. The highest BCUT2D eigenvalue weighted by Crippen LogP contribution is 2.20. The fourth-order valence-electron chi connectivity index (χ4n) is 4.05. The van der Waals surface area contributed by atoms with E-state index in [9.17, 15) is 14.0 Å². The van der Waals surface area contributed by atoms with Gasteiger partial charge < -0.3 is 10.2 Å². The van der Waals surface area contributed by atoms with Crippen LogP contribution in [0.15, 0.2) is 48.5 Å². The molecule has 1 saturated carbocycles. The van der Waals surface area contributed by atoms with Crippen LogP contribution in [0.5, 0.6) is 0 Å². The van der Waals surface area contributed by atoms with Gasteiger partial charge in [-0.25, -0.2) is 4.39 Å². The molecule has 0 aliphatic heterocycles. The number of carbonyl (C=O) groups excluding carboxylic acids is 2. The van der Waals surface area contributed by atoms with Crippen molar-refractivity contribution in [1.82, 2.24) is 10.2 Å². The lowest BCUT2D eigenvalue weighted by molar-refractivity contribution is -0.141. The molecule has 1 fully saturated rings. The molecular weight excluding hydrogens is 415 g/mol. The third-order valence-electron chi connectivity index (χ3n) is 5.98. The summed E-state index contributed by atoms with van der Waals surface area (Å²) in [5.41, 5.74) is 1.27. The molecule has 3 rings (SSSR count). The Labute approximate surface area is 188 Å². The second kappa shape index (κ2) is 11.3. The van der Waals surface area contributed by atoms with Crippen molar-refractivity contribution in [1.29, 1.82) is 0 Å². The minimum Gasteiger partial charge on any atom is -0.352 e. The molecule has 2 amide bonds. The van der Waals surface area contributed by atoms with Gasteiger partial charge in [0.2, 0.25) is 11.8 Å². The Kier molecular flexibility index (Phi) is 8.47. The molecule has 31 heavy (non-hydrogen) atoms. The lowest BCUT2D eigenvalue weighted by Gasteiger charge is -2.31. The topological polar surface area (TPSA) is 49.4 Å². The molecule has 1 atom stereocenters. The molecule has 4 nitrogen and oxygen atoms in total. The van der Waals surface area contributed by atoms with Crippen molar-refractivity contribution in [3.05, 3.63) is 70.5 Å². The highest BCUT2D eigenvalue weighted by atomic mass is 35.5. The number of amides is 2. The smallest absolute Gasteiger partial charge is 0.242 e. The fourth-order valence-corrected chi connectivity index (χ4v) is 4.28. The summed E-state index contributed by atoms with van der Waals surface area (Å²) >= 11 is 6.22. The van der Waals surface area contributed by atoms with E-state index in [-0.39, 0.29) is 36.6 Å². The lowest BCUT2D eigenvalue weighted by Crippen LogP contribution is -2.50. The largest absolute Gasteiger partial charge is 0.352 e. The predicted octanol–water partition coefficient (Wildman–Crippen LogP) is 5.28. The SMILES string of the molecule is C[C@H](C(=O)NC1CCCCC1)N(Cc1ccccc1F)C(=O)CCc1ccccc1Cl. The van der Waals surface area contributed by atoms with E-state index in [4.69, 9.17) is 11.6 Å². The molecule has 0 radical (unpaired) electrons. The van der Waals surface area contributed by atoms with E-state index < -0.39 is 6.04 Å². The van der Waals surface area contributed by atoms with Crippen LogP contribution in [0.2, 0.25) is 5.02 Å². The Morgan fingerprint density at radius 1 is 1.06 bits per heavy atom. The van der Waals surface area contributed by atoms with E-state index in [2.05, 4.69) is 5.32 Å². The highest BCUT2D eigenvalue weighted by molar-refractivity contribution is 6.31. The summed E-state index contributed by atoms with van der Waals surface area (Å²) in [6.07, 6.45) is 5.99. The van der Waals surface area contributed by atoms with E-state index in [1.807, 2.05) is 18.2 Å². The molecule has 0 unspecified atom stereocenters. The van der Waals surface area contributed by atoms with Gasteiger partial charge in [-0.2, -0.15) is 0 Å². The van der Waals surface area contributed by atoms with E-state index >= 15 is 0 Å². The summed E-state index contributed by atoms with van der Waals surface area (Å²) in [5, 5.41) is 3.70. The molecule has 0 bridgehead atoms. The standard InChI is InChI=1S/C25H30ClFN2O2/c1-18(25(31)28-21-11-3-2-4-12-21)29(17-20-10-6-8-14-23(20)27)24(30)16-15-19-9-5-7-13-22(19)26/h5-10,13-14,18,21H,2-4,11-12,15-17H2,1H3,(H,28,31)/t18-/m1/s1. The van der Waals surface area contributed by atoms with Crippen LogP contribution in [0.3, 0.4) is 0 Å². The first kappa shape index (κ1) is 23.3. The summed E-state index contributed by atoms with van der Waals surface area (Å²) in [5.74, 6) is -0.768. The number of hydrogen-bond donors (Lipinski definition) is 1. The average Bonchev–Trinajstić information content (AvgIpc) is 2.78. The molecular formula is C25H30ClFN2O2. The van der Waals surface area contributed by atoms with E-state index in [1.165, 1.54) is 17.4 Å². The summed E-state index contributed by atoms with van der Waals surface area (Å²) in [4.78, 5) is 27.6. The number of nitrogens with zero attached hydrogens (tertiary/aromatic N) is 1. The Bertz CT molecular complexity index is 899. The zero-order valence-electron chi connectivity index (χ0n) is 17.9. The Morgan fingerprint density at radius 2 is 1.71 bits per heavy atom. The molecule has 2 aromatic carbocycles. The van der Waals surface area contributed by atoms with Gasteiger partial charge in [0.25, 0.3) is 0 Å². The van der Waals surface area contributed by atoms with Crippen LogP contribution >= 0.6 is 11.6 Å². The maximum absolute atomic E-state index is 14.3. The molecule has 166 valence electrons. The summed E-state index contributed by atoms with van der Waals surface area (Å²) in [7, 11) is 0. The molecule has 0 saturated heterocycles. The van der Waals surface area contributed by atoms with E-state index in [1.54, 1.807) is 31.2 Å². The molecule has 6 heteroatoms. The zero-order valence-corrected chi connectivity index (χ0v) is 18.7. The Hall–Kier alpha value is -2.40. The van der Waals surface area contributed by atoms with Gasteiger partial charge in [0.15, 0.2) is 0 Å². The third kappa shape index (κ3) is 6.54. The van der Waals surface area contributed by atoms with Crippen molar-refractivity contribution in [2.75, 3.05) is 0 Å². The third-order valence-corrected chi connectivity index (χ3v) is 6.35. The molecule has 2 aromatic rings. The van der Waals surface area contributed by atoms with Crippen molar-refractivity contribution in [3.8, 4) is 0 Å². The predicted molar refractivity (Wildman–Crippen MR) is 121 cm³/mol. The zero-order chi connectivity index (χ0) is 22.2. The van der Waals surface area contributed by atoms with Crippen LogP contribution in [-0.4, -0.2) is 28.8 Å². The van der Waals surface area contributed by atoms with Gasteiger partial charge in [0.1, 0.15) is 11.9 Å². The number of aryl methyl sites for hydroxylation is 1. The fraction of sp³-hybridized carbons (Fsp3) is 0.440. The highest BCUT2D eigenvalue weighted by Gasteiger charge is 2.28. The lowest BCUT2D eigenvalue weighted by atomic mass is 9.95. The number of carbonyl (C=O) groups is 2. The Morgan fingerprint density at radius 3 is 2.39 bits per heavy atom. The normalized spacial score (nSPS) is 15.3. The first-order chi connectivity index (χ1) is 15.0. The van der Waals surface area contributed by atoms with Crippen molar-refractivity contribution < 1.29 is 14.0 Å². The van der Waals surface area contributed by atoms with Gasteiger partial charge in [-0.1, -0.05) is 67.3 Å². The minimum atomic E-state index is -0.694. The van der Waals surface area contributed by atoms with Crippen molar-refractivity contribution >= 4 is 23.4 Å². The second-order valence-corrected chi connectivity index (χ2v) is 8.63. The number of benzene rings is 2. The van der Waals surface area contributed by atoms with E-state index in [0.717, 1.165) is 31.2 Å². The maximum Gasteiger partial charge on any atom is 0.242 e. The number of halogens is 2.